The summed E-state index contributed by atoms with van der Waals surface area (Å²) in [4.78, 5) is 34.4. The number of carbonyl (C=O) groups is 3. The number of hydrogen-bond acceptors (Lipinski definition) is 4. The maximum Gasteiger partial charge on any atom is 0.407 e. The lowest BCUT2D eigenvalue weighted by molar-refractivity contribution is -0.145. The van der Waals surface area contributed by atoms with E-state index in [2.05, 4.69) is 0 Å². The lowest BCUT2D eigenvalue weighted by atomic mass is 9.98. The van der Waals surface area contributed by atoms with Gasteiger partial charge in [-0.3, -0.25) is 9.59 Å². The van der Waals surface area contributed by atoms with E-state index in [1.807, 2.05) is 53.8 Å². The van der Waals surface area contributed by atoms with Crippen molar-refractivity contribution in [2.45, 2.75) is 17.8 Å². The topological polar surface area (TPSA) is 105 Å². The first kappa shape index (κ1) is 23.5. The minimum Gasteiger partial charge on any atom is -0.481 e. The highest BCUT2D eigenvalue weighted by Crippen LogP contribution is 2.55. The molecule has 1 fully saturated rings. The molecular weight excluding hydrogens is 460 g/mol. The summed E-state index contributed by atoms with van der Waals surface area (Å²) in [6.45, 7) is -2.47. The zero-order valence-corrected chi connectivity index (χ0v) is 17.6. The zero-order chi connectivity index (χ0) is 24.7. The highest BCUT2D eigenvalue weighted by molar-refractivity contribution is 5.85. The third kappa shape index (κ3) is 4.29. The second-order valence-electron chi connectivity index (χ2n) is 8.19. The van der Waals surface area contributed by atoms with Crippen LogP contribution in [0, 0.1) is 11.8 Å². The highest BCUT2D eigenvalue weighted by atomic mass is 19.3. The second-order valence-corrected chi connectivity index (χ2v) is 8.19. The van der Waals surface area contributed by atoms with Crippen LogP contribution >= 0.6 is 0 Å². The Balaban J connectivity index is 1.28. The Hall–Kier alpha value is -3.63. The average molecular weight is 480 g/mol. The van der Waals surface area contributed by atoms with Crippen LogP contribution in [-0.4, -0.2) is 54.6 Å². The third-order valence-corrected chi connectivity index (χ3v) is 6.08. The number of alkyl halides is 4. The summed E-state index contributed by atoms with van der Waals surface area (Å²) in [6.07, 6.45) is -1.17. The van der Waals surface area contributed by atoms with Crippen LogP contribution in [0.3, 0.4) is 0 Å². The standard InChI is InChI=1S/C23H20F4N2O5/c24-22(25,20(32)28-9-17-18(19(30)31)23(17,26)27)11-29-21(33)34-10-16-14-7-3-1-5-12(14)13-6-2-4-8-15(13)16/h1-8,16-18H,9-11H2,(H,28,32)(H,29,33)(H,30,31). The van der Waals surface area contributed by atoms with Gasteiger partial charge in [0.1, 0.15) is 12.5 Å². The molecule has 1 saturated carbocycles. The molecule has 0 spiro atoms. The predicted octanol–water partition coefficient (Wildman–Crippen LogP) is 3.24. The normalized spacial score (nSPS) is 20.1. The zero-order valence-electron chi connectivity index (χ0n) is 17.6. The summed E-state index contributed by atoms with van der Waals surface area (Å²) in [6, 6.07) is 15.1. The Labute approximate surface area is 191 Å². The largest absolute Gasteiger partial charge is 0.481 e. The number of carbonyl (C=O) groups excluding carboxylic acids is 2. The van der Waals surface area contributed by atoms with Crippen molar-refractivity contribution in [3.63, 3.8) is 0 Å². The smallest absolute Gasteiger partial charge is 0.407 e. The van der Waals surface area contributed by atoms with E-state index in [-0.39, 0.29) is 12.5 Å². The van der Waals surface area contributed by atoms with Crippen molar-refractivity contribution in [1.82, 2.24) is 10.6 Å². The molecule has 0 aliphatic heterocycles. The molecule has 2 aliphatic rings. The van der Waals surface area contributed by atoms with E-state index >= 15 is 0 Å². The van der Waals surface area contributed by atoms with Crippen molar-refractivity contribution in [3.05, 3.63) is 59.7 Å². The first-order valence-electron chi connectivity index (χ1n) is 10.4. The number of amides is 2. The highest BCUT2D eigenvalue weighted by Gasteiger charge is 2.72. The predicted molar refractivity (Wildman–Crippen MR) is 111 cm³/mol. The van der Waals surface area contributed by atoms with Crippen LogP contribution in [0.5, 0.6) is 0 Å². The van der Waals surface area contributed by atoms with Crippen LogP contribution < -0.4 is 10.6 Å². The number of ether oxygens (including phenoxy) is 1. The van der Waals surface area contributed by atoms with Crippen LogP contribution in [0.2, 0.25) is 0 Å². The number of carboxylic acid groups (broad SMARTS) is 1. The first-order valence-corrected chi connectivity index (χ1v) is 10.4. The Bertz CT molecular complexity index is 1090. The Morgan fingerprint density at radius 2 is 1.53 bits per heavy atom. The van der Waals surface area contributed by atoms with Crippen LogP contribution in [0.4, 0.5) is 22.4 Å². The summed E-state index contributed by atoms with van der Waals surface area (Å²) in [5.74, 6) is -15.4. The summed E-state index contributed by atoms with van der Waals surface area (Å²) in [5.41, 5.74) is 3.83. The molecule has 2 amide bonds. The molecule has 4 rings (SSSR count). The Morgan fingerprint density at radius 1 is 0.971 bits per heavy atom. The van der Waals surface area contributed by atoms with Crippen molar-refractivity contribution in [1.29, 1.82) is 0 Å². The van der Waals surface area contributed by atoms with Gasteiger partial charge in [-0.05, 0) is 22.3 Å². The van der Waals surface area contributed by atoms with E-state index < -0.39 is 54.7 Å². The number of fused-ring (bicyclic) bond motifs is 3. The Morgan fingerprint density at radius 3 is 2.06 bits per heavy atom. The SMILES string of the molecule is O=C(NCC(F)(F)C(=O)NCC1C(C(=O)O)C1(F)F)OCC1c2ccccc2-c2ccccc21. The second kappa shape index (κ2) is 8.62. The van der Waals surface area contributed by atoms with Gasteiger partial charge in [-0.1, -0.05) is 48.5 Å². The molecule has 11 heteroatoms. The maximum absolute atomic E-state index is 14.0. The van der Waals surface area contributed by atoms with Crippen molar-refractivity contribution in [2.75, 3.05) is 19.7 Å². The molecule has 2 aromatic carbocycles. The van der Waals surface area contributed by atoms with Gasteiger partial charge in [0, 0.05) is 12.5 Å². The summed E-state index contributed by atoms with van der Waals surface area (Å²) < 4.78 is 59.8. The lowest BCUT2D eigenvalue weighted by Gasteiger charge is -2.18. The molecule has 0 bridgehead atoms. The third-order valence-electron chi connectivity index (χ3n) is 6.08. The molecule has 3 N–H and O–H groups in total. The number of nitrogens with one attached hydrogen (secondary N) is 2. The molecule has 180 valence electrons. The minimum absolute atomic E-state index is 0.120. The van der Waals surface area contributed by atoms with Gasteiger partial charge in [0.15, 0.2) is 0 Å². The van der Waals surface area contributed by atoms with Gasteiger partial charge in [-0.25, -0.2) is 13.6 Å². The molecule has 2 aliphatic carbocycles. The van der Waals surface area contributed by atoms with Gasteiger partial charge in [-0.2, -0.15) is 8.78 Å². The van der Waals surface area contributed by atoms with Crippen molar-refractivity contribution in [3.8, 4) is 11.1 Å². The maximum atomic E-state index is 14.0. The molecule has 2 unspecified atom stereocenters. The fraction of sp³-hybridized carbons (Fsp3) is 0.348. The monoisotopic (exact) mass is 480 g/mol. The summed E-state index contributed by atoms with van der Waals surface area (Å²) in [7, 11) is 0. The number of hydrogen-bond donors (Lipinski definition) is 3. The molecule has 2 aromatic rings. The molecule has 0 radical (unpaired) electrons. The van der Waals surface area contributed by atoms with E-state index in [9.17, 15) is 31.9 Å². The number of halogens is 4. The lowest BCUT2D eigenvalue weighted by Crippen LogP contribution is -2.48. The van der Waals surface area contributed by atoms with Gasteiger partial charge in [-0.15, -0.1) is 0 Å². The van der Waals surface area contributed by atoms with Crippen LogP contribution in [-0.2, 0) is 14.3 Å². The first-order chi connectivity index (χ1) is 16.0. The van der Waals surface area contributed by atoms with Gasteiger partial charge < -0.3 is 20.5 Å². The fourth-order valence-corrected chi connectivity index (χ4v) is 4.23. The quantitative estimate of drug-likeness (QED) is 0.504. The molecule has 7 nitrogen and oxygen atoms in total. The Kier molecular flexibility index (Phi) is 5.96. The van der Waals surface area contributed by atoms with Gasteiger partial charge in [0.2, 0.25) is 0 Å². The van der Waals surface area contributed by atoms with E-state index in [1.165, 1.54) is 0 Å². The van der Waals surface area contributed by atoms with Gasteiger partial charge in [0.05, 0.1) is 12.5 Å². The number of benzene rings is 2. The summed E-state index contributed by atoms with van der Waals surface area (Å²) in [5, 5.41) is 12.1. The van der Waals surface area contributed by atoms with Gasteiger partial charge in [0.25, 0.3) is 11.8 Å². The van der Waals surface area contributed by atoms with Crippen LogP contribution in [0.15, 0.2) is 48.5 Å². The molecule has 34 heavy (non-hydrogen) atoms. The number of alkyl carbamates (subject to hydrolysis) is 1. The molecule has 0 saturated heterocycles. The van der Waals surface area contributed by atoms with E-state index in [1.54, 1.807) is 5.32 Å². The van der Waals surface area contributed by atoms with E-state index in [4.69, 9.17) is 9.84 Å². The minimum atomic E-state index is -4.12. The van der Waals surface area contributed by atoms with Crippen molar-refractivity contribution in [2.24, 2.45) is 11.8 Å². The molecule has 0 heterocycles. The fourth-order valence-electron chi connectivity index (χ4n) is 4.23. The number of rotatable bonds is 8. The van der Waals surface area contributed by atoms with Crippen molar-refractivity contribution < 1.29 is 41.8 Å². The van der Waals surface area contributed by atoms with Crippen LogP contribution in [0.1, 0.15) is 17.0 Å². The van der Waals surface area contributed by atoms with Gasteiger partial charge >= 0.3 is 18.0 Å². The number of aliphatic carboxylic acids is 1. The molecule has 2 atom stereocenters. The van der Waals surface area contributed by atoms with E-state index in [0.29, 0.717) is 0 Å². The van der Waals surface area contributed by atoms with Crippen LogP contribution in [0.25, 0.3) is 11.1 Å². The average Bonchev–Trinajstić information content (AvgIpc) is 3.21. The molecule has 0 aromatic heterocycles. The van der Waals surface area contributed by atoms with E-state index in [0.717, 1.165) is 22.3 Å². The summed E-state index contributed by atoms with van der Waals surface area (Å²) >= 11 is 0. The molecular formula is C23H20F4N2O5. The van der Waals surface area contributed by atoms with Crippen molar-refractivity contribution >= 4 is 18.0 Å². The number of carboxylic acids is 1.